The van der Waals surface area contributed by atoms with Crippen LogP contribution in [0.5, 0.6) is 0 Å². The topological polar surface area (TPSA) is 63.3 Å². The van der Waals surface area contributed by atoms with E-state index in [0.717, 1.165) is 30.4 Å². The highest BCUT2D eigenvalue weighted by molar-refractivity contribution is 5.74. The van der Waals surface area contributed by atoms with Crippen LogP contribution in [0.25, 0.3) is 11.1 Å². The zero-order valence-corrected chi connectivity index (χ0v) is 9.30. The minimum atomic E-state index is -0.741. The van der Waals surface area contributed by atoms with E-state index >= 15 is 0 Å². The van der Waals surface area contributed by atoms with Gasteiger partial charge in [0.2, 0.25) is 0 Å². The van der Waals surface area contributed by atoms with E-state index in [2.05, 4.69) is 4.98 Å². The number of carboxylic acids is 1. The van der Waals surface area contributed by atoms with E-state index in [1.54, 1.807) is 0 Å². The lowest BCUT2D eigenvalue weighted by molar-refractivity contribution is -0.142. The molecular formula is C13H13NO3. The van der Waals surface area contributed by atoms with Crippen LogP contribution in [0.4, 0.5) is 0 Å². The lowest BCUT2D eigenvalue weighted by Crippen LogP contribution is -2.16. The highest BCUT2D eigenvalue weighted by Gasteiger charge is 2.37. The van der Waals surface area contributed by atoms with Crippen molar-refractivity contribution in [3.8, 4) is 0 Å². The molecule has 0 radical (unpaired) electrons. The van der Waals surface area contributed by atoms with Crippen LogP contribution in [0.15, 0.2) is 28.7 Å². The van der Waals surface area contributed by atoms with E-state index in [1.807, 2.05) is 24.3 Å². The summed E-state index contributed by atoms with van der Waals surface area (Å²) in [5.41, 5.74) is 1.54. The fourth-order valence-electron chi connectivity index (χ4n) is 2.60. The average Bonchev–Trinajstić information content (AvgIpc) is 2.95. The molecule has 0 aliphatic heterocycles. The predicted molar refractivity (Wildman–Crippen MR) is 61.7 cm³/mol. The Bertz CT molecular complexity index is 528. The molecule has 1 fully saturated rings. The molecule has 0 amide bonds. The number of oxazole rings is 1. The number of rotatable bonds is 2. The van der Waals surface area contributed by atoms with Crippen LogP contribution in [-0.4, -0.2) is 16.1 Å². The number of carbonyl (C=O) groups is 1. The van der Waals surface area contributed by atoms with Crippen molar-refractivity contribution in [3.05, 3.63) is 30.2 Å². The van der Waals surface area contributed by atoms with E-state index in [-0.39, 0.29) is 11.8 Å². The summed E-state index contributed by atoms with van der Waals surface area (Å²) in [5, 5.41) is 9.15. The summed E-state index contributed by atoms with van der Waals surface area (Å²) in [6.07, 6.45) is 2.50. The third-order valence-electron chi connectivity index (χ3n) is 3.46. The zero-order chi connectivity index (χ0) is 11.8. The third kappa shape index (κ3) is 1.69. The SMILES string of the molecule is O=C(O)C1CCCC1c1nc2ccccc2o1. The number of benzene rings is 1. The number of para-hydroxylation sites is 2. The molecule has 4 heteroatoms. The van der Waals surface area contributed by atoms with Crippen molar-refractivity contribution in [2.45, 2.75) is 25.2 Å². The number of hydrogen-bond acceptors (Lipinski definition) is 3. The maximum atomic E-state index is 11.1. The van der Waals surface area contributed by atoms with E-state index < -0.39 is 5.97 Å². The van der Waals surface area contributed by atoms with Gasteiger partial charge in [0.15, 0.2) is 11.5 Å². The molecule has 88 valence electrons. The molecule has 1 aromatic carbocycles. The average molecular weight is 231 g/mol. The van der Waals surface area contributed by atoms with E-state index in [9.17, 15) is 4.79 Å². The minimum Gasteiger partial charge on any atom is -0.481 e. The summed E-state index contributed by atoms with van der Waals surface area (Å²) in [5.74, 6) is -0.575. The van der Waals surface area contributed by atoms with Crippen LogP contribution in [0.2, 0.25) is 0 Å². The van der Waals surface area contributed by atoms with Crippen LogP contribution in [-0.2, 0) is 4.79 Å². The second-order valence-corrected chi connectivity index (χ2v) is 4.50. The summed E-state index contributed by atoms with van der Waals surface area (Å²) in [6, 6.07) is 7.53. The number of fused-ring (bicyclic) bond motifs is 1. The van der Waals surface area contributed by atoms with Crippen molar-refractivity contribution in [1.82, 2.24) is 4.98 Å². The molecule has 1 aromatic heterocycles. The normalized spacial score (nSPS) is 24.2. The number of nitrogens with zero attached hydrogens (tertiary/aromatic N) is 1. The van der Waals surface area contributed by atoms with Gasteiger partial charge in [0.05, 0.1) is 5.92 Å². The molecule has 1 aliphatic carbocycles. The van der Waals surface area contributed by atoms with Gasteiger partial charge in [-0.15, -0.1) is 0 Å². The first-order valence-corrected chi connectivity index (χ1v) is 5.84. The zero-order valence-electron chi connectivity index (χ0n) is 9.30. The van der Waals surface area contributed by atoms with Crippen molar-refractivity contribution in [3.63, 3.8) is 0 Å². The Morgan fingerprint density at radius 2 is 2.18 bits per heavy atom. The number of aliphatic carboxylic acids is 1. The van der Waals surface area contributed by atoms with Gasteiger partial charge in [-0.1, -0.05) is 18.6 Å². The Hall–Kier alpha value is -1.84. The number of hydrogen-bond donors (Lipinski definition) is 1. The van der Waals surface area contributed by atoms with Crippen molar-refractivity contribution < 1.29 is 14.3 Å². The van der Waals surface area contributed by atoms with Crippen LogP contribution >= 0.6 is 0 Å². The van der Waals surface area contributed by atoms with Crippen molar-refractivity contribution in [2.24, 2.45) is 5.92 Å². The highest BCUT2D eigenvalue weighted by Crippen LogP contribution is 2.40. The monoisotopic (exact) mass is 231 g/mol. The summed E-state index contributed by atoms with van der Waals surface area (Å²) in [6.45, 7) is 0. The fraction of sp³-hybridized carbons (Fsp3) is 0.385. The smallest absolute Gasteiger partial charge is 0.307 e. The van der Waals surface area contributed by atoms with E-state index in [4.69, 9.17) is 9.52 Å². The quantitative estimate of drug-likeness (QED) is 0.863. The third-order valence-corrected chi connectivity index (χ3v) is 3.46. The molecular weight excluding hydrogens is 218 g/mol. The van der Waals surface area contributed by atoms with Gasteiger partial charge < -0.3 is 9.52 Å². The fourth-order valence-corrected chi connectivity index (χ4v) is 2.60. The molecule has 2 aromatic rings. The van der Waals surface area contributed by atoms with Gasteiger partial charge in [-0.05, 0) is 25.0 Å². The van der Waals surface area contributed by atoms with Crippen molar-refractivity contribution in [2.75, 3.05) is 0 Å². The van der Waals surface area contributed by atoms with Gasteiger partial charge in [0, 0.05) is 5.92 Å². The lowest BCUT2D eigenvalue weighted by atomic mass is 9.96. The van der Waals surface area contributed by atoms with Crippen LogP contribution < -0.4 is 0 Å². The molecule has 0 spiro atoms. The standard InChI is InChI=1S/C13H13NO3/c15-13(16)9-5-3-4-8(9)12-14-10-6-1-2-7-11(10)17-12/h1-2,6-9H,3-5H2,(H,15,16). The first-order valence-electron chi connectivity index (χ1n) is 5.84. The van der Waals surface area contributed by atoms with Crippen LogP contribution in [0.1, 0.15) is 31.1 Å². The maximum Gasteiger partial charge on any atom is 0.307 e. The second kappa shape index (κ2) is 3.87. The summed E-state index contributed by atoms with van der Waals surface area (Å²) in [4.78, 5) is 15.5. The molecule has 1 aliphatic rings. The van der Waals surface area contributed by atoms with Crippen LogP contribution in [0, 0.1) is 5.92 Å². The Balaban J connectivity index is 2.00. The van der Waals surface area contributed by atoms with Gasteiger partial charge in [0.25, 0.3) is 0 Å². The Kier molecular flexibility index (Phi) is 2.35. The summed E-state index contributed by atoms with van der Waals surface area (Å²) in [7, 11) is 0. The lowest BCUT2D eigenvalue weighted by Gasteiger charge is -2.10. The van der Waals surface area contributed by atoms with E-state index in [1.165, 1.54) is 0 Å². The number of aromatic nitrogens is 1. The molecule has 2 atom stereocenters. The number of carboxylic acid groups (broad SMARTS) is 1. The molecule has 1 saturated carbocycles. The second-order valence-electron chi connectivity index (χ2n) is 4.50. The molecule has 2 unspecified atom stereocenters. The summed E-state index contributed by atoms with van der Waals surface area (Å²) >= 11 is 0. The van der Waals surface area contributed by atoms with Gasteiger partial charge in [0.1, 0.15) is 5.52 Å². The summed E-state index contributed by atoms with van der Waals surface area (Å²) < 4.78 is 5.66. The first kappa shape index (κ1) is 10.3. The highest BCUT2D eigenvalue weighted by atomic mass is 16.4. The molecule has 0 saturated heterocycles. The van der Waals surface area contributed by atoms with Gasteiger partial charge in [-0.3, -0.25) is 4.79 Å². The van der Waals surface area contributed by atoms with Crippen molar-refractivity contribution >= 4 is 17.1 Å². The van der Waals surface area contributed by atoms with E-state index in [0.29, 0.717) is 5.89 Å². The maximum absolute atomic E-state index is 11.1. The van der Waals surface area contributed by atoms with Gasteiger partial charge in [-0.25, -0.2) is 4.98 Å². The van der Waals surface area contributed by atoms with Gasteiger partial charge in [-0.2, -0.15) is 0 Å². The largest absolute Gasteiger partial charge is 0.481 e. The molecule has 1 N–H and O–H groups in total. The minimum absolute atomic E-state index is 0.0695. The predicted octanol–water partition coefficient (Wildman–Crippen LogP) is 2.80. The molecule has 1 heterocycles. The Labute approximate surface area is 98.3 Å². The van der Waals surface area contributed by atoms with Crippen molar-refractivity contribution in [1.29, 1.82) is 0 Å². The van der Waals surface area contributed by atoms with Gasteiger partial charge >= 0.3 is 5.97 Å². The molecule has 17 heavy (non-hydrogen) atoms. The first-order chi connectivity index (χ1) is 8.25. The Morgan fingerprint density at radius 3 is 2.94 bits per heavy atom. The van der Waals surface area contributed by atoms with Crippen LogP contribution in [0.3, 0.4) is 0 Å². The molecule has 4 nitrogen and oxygen atoms in total. The molecule has 0 bridgehead atoms. The Morgan fingerprint density at radius 1 is 1.35 bits per heavy atom. The molecule has 3 rings (SSSR count).